The Hall–Kier alpha value is -2.90. The smallest absolute Gasteiger partial charge is 0.240 e. The van der Waals surface area contributed by atoms with Crippen molar-refractivity contribution < 1.29 is 9.53 Å². The van der Waals surface area contributed by atoms with Gasteiger partial charge in [-0.15, -0.1) is 11.3 Å². The molecule has 0 aliphatic carbocycles. The van der Waals surface area contributed by atoms with Crippen molar-refractivity contribution in [2.45, 2.75) is 13.8 Å². The summed E-state index contributed by atoms with van der Waals surface area (Å²) in [5.41, 5.74) is 5.67. The summed E-state index contributed by atoms with van der Waals surface area (Å²) in [4.78, 5) is 21.7. The van der Waals surface area contributed by atoms with Crippen LogP contribution in [0.3, 0.4) is 0 Å². The molecule has 162 valence electrons. The molecule has 0 atom stereocenters. The molecule has 1 N–H and O–H groups in total. The van der Waals surface area contributed by atoms with Crippen LogP contribution in [-0.4, -0.2) is 55.6 Å². The number of thiazole rings is 1. The highest BCUT2D eigenvalue weighted by Gasteiger charge is 2.20. The van der Waals surface area contributed by atoms with Crippen molar-refractivity contribution >= 4 is 28.1 Å². The Morgan fingerprint density at radius 2 is 1.81 bits per heavy atom. The van der Waals surface area contributed by atoms with E-state index in [0.717, 1.165) is 43.2 Å². The Morgan fingerprint density at radius 1 is 1.06 bits per heavy atom. The Labute approximate surface area is 187 Å². The lowest BCUT2D eigenvalue weighted by atomic mass is 10.1. The first-order valence-electron chi connectivity index (χ1n) is 10.5. The number of anilines is 2. The highest BCUT2D eigenvalue weighted by molar-refractivity contribution is 7.14. The van der Waals surface area contributed by atoms with Gasteiger partial charge in [0.1, 0.15) is 5.75 Å². The summed E-state index contributed by atoms with van der Waals surface area (Å²) >= 11 is 1.47. The van der Waals surface area contributed by atoms with Crippen LogP contribution in [0.5, 0.6) is 5.75 Å². The largest absolute Gasteiger partial charge is 0.497 e. The maximum absolute atomic E-state index is 12.5. The van der Waals surface area contributed by atoms with E-state index in [1.165, 1.54) is 28.2 Å². The van der Waals surface area contributed by atoms with Crippen LogP contribution in [0.15, 0.2) is 47.8 Å². The molecule has 1 saturated heterocycles. The number of nitrogens with zero attached hydrogens (tertiary/aromatic N) is 3. The van der Waals surface area contributed by atoms with E-state index >= 15 is 0 Å². The average Bonchev–Trinajstić information content (AvgIpc) is 3.24. The third kappa shape index (κ3) is 5.24. The monoisotopic (exact) mass is 436 g/mol. The summed E-state index contributed by atoms with van der Waals surface area (Å²) in [5, 5.41) is 5.60. The Bertz CT molecular complexity index is 1040. The van der Waals surface area contributed by atoms with Crippen molar-refractivity contribution in [3.05, 3.63) is 59.0 Å². The van der Waals surface area contributed by atoms with Gasteiger partial charge in [-0.1, -0.05) is 12.1 Å². The number of carbonyl (C=O) groups excluding carboxylic acids is 1. The van der Waals surface area contributed by atoms with Crippen molar-refractivity contribution in [3.63, 3.8) is 0 Å². The van der Waals surface area contributed by atoms with E-state index < -0.39 is 0 Å². The van der Waals surface area contributed by atoms with Crippen LogP contribution in [0.2, 0.25) is 0 Å². The zero-order chi connectivity index (χ0) is 21.8. The summed E-state index contributed by atoms with van der Waals surface area (Å²) < 4.78 is 5.23. The number of carbonyl (C=O) groups is 1. The Kier molecular flexibility index (Phi) is 6.53. The SMILES string of the molecule is COc1ccc(N2CCN(CC(=O)Nc3nc(-c4ccc(C)c(C)c4)cs3)CC2)cc1. The molecule has 4 rings (SSSR count). The van der Waals surface area contributed by atoms with E-state index in [9.17, 15) is 4.79 Å². The molecule has 1 aromatic heterocycles. The van der Waals surface area contributed by atoms with Crippen LogP contribution in [0, 0.1) is 13.8 Å². The third-order valence-electron chi connectivity index (χ3n) is 5.73. The molecule has 1 fully saturated rings. The zero-order valence-corrected chi connectivity index (χ0v) is 19.0. The van der Waals surface area contributed by atoms with Gasteiger partial charge in [0.05, 0.1) is 19.3 Å². The summed E-state index contributed by atoms with van der Waals surface area (Å²) in [6, 6.07) is 14.4. The quantitative estimate of drug-likeness (QED) is 0.628. The van der Waals surface area contributed by atoms with Gasteiger partial charge >= 0.3 is 0 Å². The molecule has 1 amide bonds. The van der Waals surface area contributed by atoms with Gasteiger partial charge in [0, 0.05) is 42.8 Å². The lowest BCUT2D eigenvalue weighted by Crippen LogP contribution is -2.48. The fourth-order valence-electron chi connectivity index (χ4n) is 3.68. The summed E-state index contributed by atoms with van der Waals surface area (Å²) in [6.45, 7) is 8.08. The molecule has 0 unspecified atom stereocenters. The summed E-state index contributed by atoms with van der Waals surface area (Å²) in [5.74, 6) is 0.848. The second-order valence-corrected chi connectivity index (χ2v) is 8.70. The number of rotatable bonds is 6. The molecule has 2 aromatic carbocycles. The predicted molar refractivity (Wildman–Crippen MR) is 127 cm³/mol. The minimum Gasteiger partial charge on any atom is -0.497 e. The van der Waals surface area contributed by atoms with Crippen LogP contribution in [0.25, 0.3) is 11.3 Å². The number of aromatic nitrogens is 1. The molecule has 1 aliphatic heterocycles. The second kappa shape index (κ2) is 9.49. The second-order valence-electron chi connectivity index (χ2n) is 7.85. The van der Waals surface area contributed by atoms with Crippen molar-refractivity contribution in [1.82, 2.24) is 9.88 Å². The molecule has 6 nitrogen and oxygen atoms in total. The predicted octanol–water partition coefficient (Wildman–Crippen LogP) is 4.20. The van der Waals surface area contributed by atoms with Crippen LogP contribution in [-0.2, 0) is 4.79 Å². The lowest BCUT2D eigenvalue weighted by Gasteiger charge is -2.35. The van der Waals surface area contributed by atoms with E-state index in [1.807, 2.05) is 17.5 Å². The number of piperazine rings is 1. The number of hydrogen-bond donors (Lipinski definition) is 1. The molecule has 1 aliphatic rings. The maximum Gasteiger partial charge on any atom is 0.240 e. The van der Waals surface area contributed by atoms with E-state index in [4.69, 9.17) is 4.74 Å². The van der Waals surface area contributed by atoms with Gasteiger partial charge < -0.3 is 15.0 Å². The van der Waals surface area contributed by atoms with Gasteiger partial charge in [-0.25, -0.2) is 4.98 Å². The number of aryl methyl sites for hydroxylation is 2. The molecule has 7 heteroatoms. The van der Waals surface area contributed by atoms with Crippen LogP contribution < -0.4 is 15.0 Å². The molecule has 31 heavy (non-hydrogen) atoms. The van der Waals surface area contributed by atoms with Crippen LogP contribution in [0.1, 0.15) is 11.1 Å². The highest BCUT2D eigenvalue weighted by atomic mass is 32.1. The highest BCUT2D eigenvalue weighted by Crippen LogP contribution is 2.26. The van der Waals surface area contributed by atoms with Gasteiger partial charge in [-0.05, 0) is 55.3 Å². The number of nitrogens with one attached hydrogen (secondary N) is 1. The zero-order valence-electron chi connectivity index (χ0n) is 18.2. The first-order valence-corrected chi connectivity index (χ1v) is 11.3. The Balaban J connectivity index is 1.28. The number of ether oxygens (including phenoxy) is 1. The van der Waals surface area contributed by atoms with E-state index in [-0.39, 0.29) is 5.91 Å². The Morgan fingerprint density at radius 3 is 2.48 bits per heavy atom. The van der Waals surface area contributed by atoms with Crippen LogP contribution in [0.4, 0.5) is 10.8 Å². The minimum atomic E-state index is -0.0149. The third-order valence-corrected chi connectivity index (χ3v) is 6.49. The first-order chi connectivity index (χ1) is 15.0. The fraction of sp³-hybridized carbons (Fsp3) is 0.333. The van der Waals surface area contributed by atoms with Crippen LogP contribution >= 0.6 is 11.3 Å². The number of benzene rings is 2. The molecule has 2 heterocycles. The molecule has 0 saturated carbocycles. The molecular formula is C24H28N4O2S. The number of hydrogen-bond acceptors (Lipinski definition) is 6. The molecular weight excluding hydrogens is 408 g/mol. The van der Waals surface area contributed by atoms with Gasteiger partial charge in [-0.3, -0.25) is 9.69 Å². The van der Waals surface area contributed by atoms with Gasteiger partial charge in [-0.2, -0.15) is 0 Å². The van der Waals surface area contributed by atoms with E-state index in [2.05, 4.69) is 64.3 Å². The minimum absolute atomic E-state index is 0.0149. The van der Waals surface area contributed by atoms with Gasteiger partial charge in [0.2, 0.25) is 5.91 Å². The average molecular weight is 437 g/mol. The molecule has 3 aromatic rings. The summed E-state index contributed by atoms with van der Waals surface area (Å²) in [6.07, 6.45) is 0. The van der Waals surface area contributed by atoms with Crippen molar-refractivity contribution in [1.29, 1.82) is 0 Å². The lowest BCUT2D eigenvalue weighted by molar-refractivity contribution is -0.117. The summed E-state index contributed by atoms with van der Waals surface area (Å²) in [7, 11) is 1.68. The van der Waals surface area contributed by atoms with Crippen molar-refractivity contribution in [3.8, 4) is 17.0 Å². The van der Waals surface area contributed by atoms with Gasteiger partial charge in [0.25, 0.3) is 0 Å². The number of amides is 1. The van der Waals surface area contributed by atoms with E-state index in [1.54, 1.807) is 7.11 Å². The first kappa shape index (κ1) is 21.3. The standard InChI is InChI=1S/C24H28N4O2S/c1-17-4-5-19(14-18(17)2)22-16-31-24(25-22)26-23(29)15-27-10-12-28(13-11-27)20-6-8-21(30-3)9-7-20/h4-9,14,16H,10-13,15H2,1-3H3,(H,25,26,29). The topological polar surface area (TPSA) is 57.7 Å². The molecule has 0 radical (unpaired) electrons. The molecule has 0 spiro atoms. The molecule has 0 bridgehead atoms. The van der Waals surface area contributed by atoms with E-state index in [0.29, 0.717) is 11.7 Å². The fourth-order valence-corrected chi connectivity index (χ4v) is 4.42. The number of methoxy groups -OCH3 is 1. The van der Waals surface area contributed by atoms with Gasteiger partial charge in [0.15, 0.2) is 5.13 Å². The van der Waals surface area contributed by atoms with Crippen molar-refractivity contribution in [2.75, 3.05) is 50.1 Å². The normalized spacial score (nSPS) is 14.5. The van der Waals surface area contributed by atoms with Crippen molar-refractivity contribution in [2.24, 2.45) is 0 Å². The maximum atomic E-state index is 12.5.